The largest absolute Gasteiger partial charge is 0.322 e. The molecule has 0 saturated carbocycles. The molecule has 6 nitrogen and oxygen atoms in total. The van der Waals surface area contributed by atoms with Gasteiger partial charge in [0.1, 0.15) is 4.90 Å². The molecule has 0 spiro atoms. The van der Waals surface area contributed by atoms with E-state index in [0.717, 1.165) is 10.2 Å². The number of amides is 1. The number of sulfonamides is 1. The molecule has 0 aliphatic rings. The molecule has 31 heavy (non-hydrogen) atoms. The Morgan fingerprint density at radius 2 is 1.87 bits per heavy atom. The average molecular weight is 472 g/mol. The Bertz CT molecular complexity index is 1350. The van der Waals surface area contributed by atoms with Gasteiger partial charge in [0.2, 0.25) is 0 Å². The highest BCUT2D eigenvalue weighted by Crippen LogP contribution is 2.31. The smallest absolute Gasteiger partial charge is 0.265 e. The number of carbonyl (C=O) groups is 1. The second kappa shape index (κ2) is 8.66. The van der Waals surface area contributed by atoms with Crippen LogP contribution >= 0.6 is 22.9 Å². The summed E-state index contributed by atoms with van der Waals surface area (Å²) in [6.07, 6.45) is 0. The molecule has 0 bridgehead atoms. The molecule has 0 aliphatic heterocycles. The third-order valence-electron chi connectivity index (χ3n) is 4.68. The van der Waals surface area contributed by atoms with Crippen LogP contribution in [0.4, 0.5) is 11.4 Å². The summed E-state index contributed by atoms with van der Waals surface area (Å²) in [5, 5.41) is 2.84. The van der Waals surface area contributed by atoms with Crippen molar-refractivity contribution in [2.24, 2.45) is 0 Å². The fraction of sp³-hybridized carbons (Fsp3) is 0.0909. The summed E-state index contributed by atoms with van der Waals surface area (Å²) >= 11 is 7.69. The zero-order valence-corrected chi connectivity index (χ0v) is 18.8. The number of rotatable bonds is 6. The number of para-hydroxylation sites is 1. The molecule has 0 atom stereocenters. The fourth-order valence-electron chi connectivity index (χ4n) is 3.18. The fourth-order valence-corrected chi connectivity index (χ4v) is 5.88. The van der Waals surface area contributed by atoms with Gasteiger partial charge in [-0.2, -0.15) is 0 Å². The Hall–Kier alpha value is -2.94. The monoisotopic (exact) mass is 471 g/mol. The van der Waals surface area contributed by atoms with Gasteiger partial charge in [-0.05, 0) is 55.5 Å². The van der Waals surface area contributed by atoms with Crippen LogP contribution < -0.4 is 9.62 Å². The van der Waals surface area contributed by atoms with Crippen molar-refractivity contribution in [3.8, 4) is 0 Å². The topological polar surface area (TPSA) is 79.4 Å². The Kier molecular flexibility index (Phi) is 5.95. The maximum absolute atomic E-state index is 13.3. The number of thiazole rings is 1. The molecule has 158 valence electrons. The van der Waals surface area contributed by atoms with Crippen molar-refractivity contribution in [1.29, 1.82) is 0 Å². The summed E-state index contributed by atoms with van der Waals surface area (Å²) < 4.78 is 28.8. The van der Waals surface area contributed by atoms with Gasteiger partial charge in [0.05, 0.1) is 26.4 Å². The van der Waals surface area contributed by atoms with E-state index in [1.54, 1.807) is 61.0 Å². The first kappa shape index (κ1) is 21.3. The number of hydrogen-bond acceptors (Lipinski definition) is 5. The van der Waals surface area contributed by atoms with Crippen LogP contribution in [0.25, 0.3) is 10.2 Å². The number of fused-ring (bicyclic) bond motifs is 1. The van der Waals surface area contributed by atoms with Crippen LogP contribution in [0.1, 0.15) is 17.3 Å². The van der Waals surface area contributed by atoms with Crippen LogP contribution in [-0.2, 0) is 10.0 Å². The van der Waals surface area contributed by atoms with Crippen molar-refractivity contribution in [3.63, 3.8) is 0 Å². The number of carbonyl (C=O) groups excluding carboxylic acids is 1. The molecule has 0 radical (unpaired) electrons. The van der Waals surface area contributed by atoms with Crippen molar-refractivity contribution >= 4 is 60.5 Å². The number of aromatic nitrogens is 1. The molecule has 9 heteroatoms. The molecule has 0 aliphatic carbocycles. The predicted octanol–water partition coefficient (Wildman–Crippen LogP) is 5.42. The van der Waals surface area contributed by atoms with Gasteiger partial charge >= 0.3 is 0 Å². The lowest BCUT2D eigenvalue weighted by atomic mass is 10.2. The van der Waals surface area contributed by atoms with Gasteiger partial charge in [-0.1, -0.05) is 29.8 Å². The summed E-state index contributed by atoms with van der Waals surface area (Å²) in [6, 6.07) is 18.4. The number of benzene rings is 3. The molecular weight excluding hydrogens is 454 g/mol. The van der Waals surface area contributed by atoms with E-state index in [-0.39, 0.29) is 22.4 Å². The van der Waals surface area contributed by atoms with Gasteiger partial charge in [0, 0.05) is 17.8 Å². The highest BCUT2D eigenvalue weighted by Gasteiger charge is 2.26. The summed E-state index contributed by atoms with van der Waals surface area (Å²) in [5.74, 6) is -0.351. The molecular formula is C22H18ClN3O3S2. The van der Waals surface area contributed by atoms with E-state index >= 15 is 0 Å². The first-order valence-electron chi connectivity index (χ1n) is 9.42. The van der Waals surface area contributed by atoms with Crippen molar-refractivity contribution < 1.29 is 13.2 Å². The van der Waals surface area contributed by atoms with Gasteiger partial charge in [0.25, 0.3) is 15.9 Å². The second-order valence-corrected chi connectivity index (χ2v) is 9.76. The molecule has 4 rings (SSSR count). The van der Waals surface area contributed by atoms with Crippen molar-refractivity contribution in [2.45, 2.75) is 11.8 Å². The van der Waals surface area contributed by atoms with E-state index in [4.69, 9.17) is 11.6 Å². The standard InChI is InChI=1S/C22H18ClN3O3S2/c1-2-26(17-6-4-3-5-7-17)31(28,29)21-13-16(9-10-18(21)23)25-22(27)15-8-11-19-20(12-15)30-14-24-19/h3-14H,2H2,1H3,(H,25,27). The van der Waals surface area contributed by atoms with Gasteiger partial charge < -0.3 is 5.32 Å². The lowest BCUT2D eigenvalue weighted by molar-refractivity contribution is 0.102. The van der Waals surface area contributed by atoms with Crippen LogP contribution in [0.5, 0.6) is 0 Å². The number of halogens is 1. The Balaban J connectivity index is 1.65. The van der Waals surface area contributed by atoms with E-state index in [2.05, 4.69) is 10.3 Å². The highest BCUT2D eigenvalue weighted by molar-refractivity contribution is 7.93. The normalized spacial score (nSPS) is 11.4. The van der Waals surface area contributed by atoms with Crippen molar-refractivity contribution in [1.82, 2.24) is 4.98 Å². The first-order chi connectivity index (χ1) is 14.9. The minimum atomic E-state index is -3.94. The lowest BCUT2D eigenvalue weighted by Gasteiger charge is -2.23. The number of nitrogens with one attached hydrogen (secondary N) is 1. The predicted molar refractivity (Wildman–Crippen MR) is 126 cm³/mol. The van der Waals surface area contributed by atoms with E-state index < -0.39 is 10.0 Å². The molecule has 0 fully saturated rings. The third kappa shape index (κ3) is 4.27. The second-order valence-electron chi connectivity index (χ2n) is 6.64. The zero-order valence-electron chi connectivity index (χ0n) is 16.4. The van der Waals surface area contributed by atoms with Crippen LogP contribution in [0.15, 0.2) is 77.1 Å². The van der Waals surface area contributed by atoms with E-state index in [1.807, 2.05) is 6.07 Å². The SMILES string of the molecule is CCN(c1ccccc1)S(=O)(=O)c1cc(NC(=O)c2ccc3ncsc3c2)ccc1Cl. The summed E-state index contributed by atoms with van der Waals surface area (Å²) in [5.41, 5.74) is 3.86. The minimum absolute atomic E-state index is 0.0735. The maximum atomic E-state index is 13.3. The molecule has 1 amide bonds. The number of nitrogens with zero attached hydrogens (tertiary/aromatic N) is 2. The number of hydrogen-bond donors (Lipinski definition) is 1. The Morgan fingerprint density at radius 1 is 1.10 bits per heavy atom. The molecule has 0 unspecified atom stereocenters. The molecule has 1 N–H and O–H groups in total. The van der Waals surface area contributed by atoms with Gasteiger partial charge in [-0.3, -0.25) is 9.10 Å². The van der Waals surface area contributed by atoms with Gasteiger partial charge in [-0.15, -0.1) is 11.3 Å². The van der Waals surface area contributed by atoms with Gasteiger partial charge in [0.15, 0.2) is 0 Å². The summed E-state index contributed by atoms with van der Waals surface area (Å²) in [7, 11) is -3.94. The molecule has 0 saturated heterocycles. The Morgan fingerprint density at radius 3 is 2.61 bits per heavy atom. The van der Waals surface area contributed by atoms with Crippen molar-refractivity contribution in [2.75, 3.05) is 16.2 Å². The van der Waals surface area contributed by atoms with E-state index in [1.165, 1.54) is 27.8 Å². The molecule has 3 aromatic carbocycles. The Labute approximate surface area is 189 Å². The quantitative estimate of drug-likeness (QED) is 0.407. The van der Waals surface area contributed by atoms with E-state index in [9.17, 15) is 13.2 Å². The number of anilines is 2. The molecule has 1 heterocycles. The lowest BCUT2D eigenvalue weighted by Crippen LogP contribution is -2.31. The summed E-state index contributed by atoms with van der Waals surface area (Å²) in [4.78, 5) is 16.8. The summed E-state index contributed by atoms with van der Waals surface area (Å²) in [6.45, 7) is 1.98. The van der Waals surface area contributed by atoms with E-state index in [0.29, 0.717) is 16.9 Å². The highest BCUT2D eigenvalue weighted by atomic mass is 35.5. The zero-order chi connectivity index (χ0) is 22.0. The first-order valence-corrected chi connectivity index (χ1v) is 12.1. The molecule has 1 aromatic heterocycles. The van der Waals surface area contributed by atoms with Crippen LogP contribution in [-0.4, -0.2) is 25.9 Å². The maximum Gasteiger partial charge on any atom is 0.265 e. The van der Waals surface area contributed by atoms with Gasteiger partial charge in [-0.25, -0.2) is 13.4 Å². The third-order valence-corrected chi connectivity index (χ3v) is 7.86. The van der Waals surface area contributed by atoms with Crippen LogP contribution in [0, 0.1) is 0 Å². The van der Waals surface area contributed by atoms with Crippen LogP contribution in [0.2, 0.25) is 5.02 Å². The van der Waals surface area contributed by atoms with Crippen molar-refractivity contribution in [3.05, 3.63) is 82.8 Å². The van der Waals surface area contributed by atoms with Crippen LogP contribution in [0.3, 0.4) is 0 Å². The molecule has 4 aromatic rings. The average Bonchev–Trinajstić information content (AvgIpc) is 3.24. The minimum Gasteiger partial charge on any atom is -0.322 e.